The molecular weight excluding hydrogens is 395 g/mol. The van der Waals surface area contributed by atoms with E-state index < -0.39 is 5.82 Å². The fourth-order valence-electron chi connectivity index (χ4n) is 3.87. The molecule has 3 heterocycles. The Morgan fingerprint density at radius 1 is 1.03 bits per heavy atom. The molecule has 0 saturated heterocycles. The third-order valence-corrected chi connectivity index (χ3v) is 5.55. The van der Waals surface area contributed by atoms with Gasteiger partial charge in [-0.3, -0.25) is 15.0 Å². The van der Waals surface area contributed by atoms with E-state index in [-0.39, 0.29) is 11.4 Å². The smallest absolute Gasteiger partial charge is 0.207 e. The summed E-state index contributed by atoms with van der Waals surface area (Å²) in [5.74, 6) is -0.218. The van der Waals surface area contributed by atoms with Crippen LogP contribution in [-0.2, 0) is 7.05 Å². The Hall–Kier alpha value is -4.07. The number of aromatic nitrogens is 5. The molecule has 5 aromatic rings. The number of benzene rings is 2. The average molecular weight is 414 g/mol. The molecule has 7 nitrogen and oxygen atoms in total. The molecule has 2 aromatic carbocycles. The summed E-state index contributed by atoms with van der Waals surface area (Å²) in [4.78, 5) is 13.0. The Labute approximate surface area is 176 Å². The van der Waals surface area contributed by atoms with Crippen molar-refractivity contribution in [3.8, 4) is 22.6 Å². The van der Waals surface area contributed by atoms with Crippen LogP contribution in [0.3, 0.4) is 0 Å². The summed E-state index contributed by atoms with van der Waals surface area (Å²) in [6.45, 7) is 1.89. The zero-order valence-electron chi connectivity index (χ0n) is 17.2. The maximum atomic E-state index is 13.9. The highest BCUT2D eigenvalue weighted by molar-refractivity contribution is 6.04. The van der Waals surface area contributed by atoms with Gasteiger partial charge in [0, 0.05) is 12.4 Å². The Bertz CT molecular complexity index is 1540. The van der Waals surface area contributed by atoms with Crippen LogP contribution in [0.1, 0.15) is 5.69 Å². The Kier molecular flexibility index (Phi) is 4.28. The van der Waals surface area contributed by atoms with E-state index in [0.29, 0.717) is 0 Å². The van der Waals surface area contributed by atoms with Gasteiger partial charge in [-0.25, -0.2) is 14.4 Å². The first kappa shape index (κ1) is 18.9. The van der Waals surface area contributed by atoms with Gasteiger partial charge in [0.1, 0.15) is 6.33 Å². The van der Waals surface area contributed by atoms with Crippen LogP contribution in [0.2, 0.25) is 0 Å². The van der Waals surface area contributed by atoms with Crippen LogP contribution < -0.4 is 10.4 Å². The maximum absolute atomic E-state index is 13.9. The second kappa shape index (κ2) is 7.02. The van der Waals surface area contributed by atoms with Gasteiger partial charge >= 0.3 is 0 Å². The number of nitrogens with zero attached hydrogens (tertiary/aromatic N) is 5. The number of methoxy groups -OCH3 is 1. The molecule has 3 aromatic heterocycles. The lowest BCUT2D eigenvalue weighted by Gasteiger charge is -2.10. The van der Waals surface area contributed by atoms with E-state index in [1.165, 1.54) is 19.5 Å². The van der Waals surface area contributed by atoms with E-state index in [2.05, 4.69) is 15.0 Å². The molecule has 154 valence electrons. The monoisotopic (exact) mass is 414 g/mol. The van der Waals surface area contributed by atoms with E-state index in [0.717, 1.165) is 44.4 Å². The van der Waals surface area contributed by atoms with Crippen molar-refractivity contribution in [1.29, 1.82) is 5.41 Å². The summed E-state index contributed by atoms with van der Waals surface area (Å²) >= 11 is 0. The van der Waals surface area contributed by atoms with Gasteiger partial charge in [-0.15, -0.1) is 0 Å². The van der Waals surface area contributed by atoms with Gasteiger partial charge in [-0.2, -0.15) is 0 Å². The molecule has 0 aliphatic heterocycles. The molecule has 0 spiro atoms. The lowest BCUT2D eigenvalue weighted by atomic mass is 10.0. The predicted molar refractivity (Wildman–Crippen MR) is 116 cm³/mol. The lowest BCUT2D eigenvalue weighted by molar-refractivity contribution is 0.387. The fraction of sp³-hybridized carbons (Fsp3) is 0.130. The molecule has 0 aliphatic rings. The minimum absolute atomic E-state index is 0.189. The van der Waals surface area contributed by atoms with Crippen molar-refractivity contribution in [1.82, 2.24) is 24.1 Å². The molecule has 1 N–H and O–H groups in total. The number of imidazole rings is 1. The quantitative estimate of drug-likeness (QED) is 0.485. The van der Waals surface area contributed by atoms with Crippen molar-refractivity contribution >= 4 is 21.9 Å². The highest BCUT2D eigenvalue weighted by Gasteiger charge is 2.17. The number of nitrogens with one attached hydrogen (secondary N) is 1. The number of hydrogen-bond acceptors (Lipinski definition) is 5. The Morgan fingerprint density at radius 2 is 1.81 bits per heavy atom. The van der Waals surface area contributed by atoms with Crippen LogP contribution in [0, 0.1) is 18.2 Å². The topological polar surface area (TPSA) is 81.6 Å². The van der Waals surface area contributed by atoms with Crippen molar-refractivity contribution in [2.24, 2.45) is 7.05 Å². The van der Waals surface area contributed by atoms with Crippen molar-refractivity contribution in [3.63, 3.8) is 0 Å². The van der Waals surface area contributed by atoms with Crippen LogP contribution >= 0.6 is 0 Å². The summed E-state index contributed by atoms with van der Waals surface area (Å²) in [5.41, 5.74) is 5.95. The second-order valence-electron chi connectivity index (χ2n) is 7.28. The van der Waals surface area contributed by atoms with Crippen LogP contribution in [-0.4, -0.2) is 31.2 Å². The van der Waals surface area contributed by atoms with Crippen molar-refractivity contribution < 1.29 is 9.13 Å². The molecule has 5 rings (SSSR count). The zero-order valence-corrected chi connectivity index (χ0v) is 17.2. The molecule has 0 atom stereocenters. The van der Waals surface area contributed by atoms with Gasteiger partial charge < -0.3 is 9.30 Å². The molecule has 8 heteroatoms. The minimum atomic E-state index is -0.407. The third kappa shape index (κ3) is 2.87. The van der Waals surface area contributed by atoms with Crippen molar-refractivity contribution in [2.75, 3.05) is 7.11 Å². The minimum Gasteiger partial charge on any atom is -0.494 e. The summed E-state index contributed by atoms with van der Waals surface area (Å²) in [6.07, 6.45) is 4.97. The van der Waals surface area contributed by atoms with Crippen molar-refractivity contribution in [3.05, 3.63) is 72.2 Å². The summed E-state index contributed by atoms with van der Waals surface area (Å²) in [6, 6.07) is 10.7. The van der Waals surface area contributed by atoms with Crippen LogP contribution in [0.4, 0.5) is 4.39 Å². The van der Waals surface area contributed by atoms with E-state index in [1.807, 2.05) is 36.7 Å². The van der Waals surface area contributed by atoms with E-state index in [4.69, 9.17) is 10.1 Å². The number of halogens is 1. The van der Waals surface area contributed by atoms with Gasteiger partial charge in [-0.05, 0) is 42.3 Å². The Morgan fingerprint density at radius 3 is 2.58 bits per heavy atom. The molecule has 0 unspecified atom stereocenters. The number of ether oxygens (including phenoxy) is 1. The number of pyridine rings is 1. The van der Waals surface area contributed by atoms with E-state index in [9.17, 15) is 4.39 Å². The molecule has 0 saturated carbocycles. The largest absolute Gasteiger partial charge is 0.494 e. The van der Waals surface area contributed by atoms with Crippen LogP contribution in [0.5, 0.6) is 5.75 Å². The van der Waals surface area contributed by atoms with Gasteiger partial charge in [0.2, 0.25) is 5.62 Å². The first-order valence-electron chi connectivity index (χ1n) is 9.65. The molecule has 0 bridgehead atoms. The average Bonchev–Trinajstić information content (AvgIpc) is 3.04. The first-order chi connectivity index (χ1) is 15.0. The number of rotatable bonds is 3. The lowest BCUT2D eigenvalue weighted by Crippen LogP contribution is -2.22. The van der Waals surface area contributed by atoms with Crippen LogP contribution in [0.15, 0.2) is 55.1 Å². The van der Waals surface area contributed by atoms with Gasteiger partial charge in [0.25, 0.3) is 0 Å². The van der Waals surface area contributed by atoms with E-state index >= 15 is 0 Å². The molecule has 0 radical (unpaired) electrons. The molecule has 0 amide bonds. The second-order valence-corrected chi connectivity index (χ2v) is 7.28. The third-order valence-electron chi connectivity index (χ3n) is 5.55. The molecule has 0 aliphatic carbocycles. The first-order valence-corrected chi connectivity index (χ1v) is 9.65. The van der Waals surface area contributed by atoms with Crippen LogP contribution in [0.25, 0.3) is 38.8 Å². The maximum Gasteiger partial charge on any atom is 0.207 e. The standard InChI is InChI=1S/C23H19FN6O/c1-13-19(10-26-12-28-13)30-22-16-8-14(15-4-6-17(24)21(9-15)31-3)5-7-18(16)27-11-20(22)29(2)23(30)25/h4-12,25H,1-3H3. The molecule has 31 heavy (non-hydrogen) atoms. The number of fused-ring (bicyclic) bond motifs is 3. The summed E-state index contributed by atoms with van der Waals surface area (Å²) in [7, 11) is 3.28. The van der Waals surface area contributed by atoms with Crippen molar-refractivity contribution in [2.45, 2.75) is 6.92 Å². The Balaban J connectivity index is 1.86. The molecular formula is C23H19FN6O. The number of aryl methyl sites for hydroxylation is 2. The van der Waals surface area contributed by atoms with Gasteiger partial charge in [0.15, 0.2) is 11.6 Å². The molecule has 0 fully saturated rings. The zero-order chi connectivity index (χ0) is 21.7. The summed E-state index contributed by atoms with van der Waals surface area (Å²) < 4.78 is 22.7. The fourth-order valence-corrected chi connectivity index (χ4v) is 3.87. The normalized spacial score (nSPS) is 11.4. The van der Waals surface area contributed by atoms with Gasteiger partial charge in [-0.1, -0.05) is 12.1 Å². The van der Waals surface area contributed by atoms with E-state index in [1.54, 1.807) is 29.1 Å². The highest BCUT2D eigenvalue weighted by Crippen LogP contribution is 2.32. The SMILES string of the molecule is COc1cc(-c2ccc3ncc4c(c3c2)n(-c2cncnc2C)c(=N)n4C)ccc1F. The number of hydrogen-bond donors (Lipinski definition) is 1. The highest BCUT2D eigenvalue weighted by atomic mass is 19.1. The predicted octanol–water partition coefficient (Wildman–Crippen LogP) is 3.91. The van der Waals surface area contributed by atoms with Gasteiger partial charge in [0.05, 0.1) is 47.4 Å². The summed E-state index contributed by atoms with van der Waals surface area (Å²) in [5, 5.41) is 9.58.